The molecule has 192 valence electrons. The van der Waals surface area contributed by atoms with Gasteiger partial charge in [-0.3, -0.25) is 0 Å². The predicted octanol–water partition coefficient (Wildman–Crippen LogP) is 5.01. The Balaban J connectivity index is 1.49. The number of hydrogen-bond donors (Lipinski definition) is 1. The van der Waals surface area contributed by atoms with E-state index in [0.717, 1.165) is 52.4 Å². The molecule has 6 rings (SSSR count). The first kappa shape index (κ1) is 24.2. The number of ether oxygens (including phenoxy) is 4. The summed E-state index contributed by atoms with van der Waals surface area (Å²) in [5.41, 5.74) is 2.99. The fraction of sp³-hybridized carbons (Fsp3) is 0.250. The van der Waals surface area contributed by atoms with Gasteiger partial charge in [-0.15, -0.1) is 0 Å². The van der Waals surface area contributed by atoms with Crippen molar-refractivity contribution in [3.8, 4) is 17.2 Å². The van der Waals surface area contributed by atoms with Gasteiger partial charge in [0, 0.05) is 41.4 Å². The van der Waals surface area contributed by atoms with Crippen molar-refractivity contribution in [3.63, 3.8) is 0 Å². The normalized spacial score (nSPS) is 18.4. The molecule has 0 saturated carbocycles. The van der Waals surface area contributed by atoms with Crippen LogP contribution in [-0.4, -0.2) is 51.7 Å². The van der Waals surface area contributed by atoms with Gasteiger partial charge in [0.1, 0.15) is 18.1 Å². The van der Waals surface area contributed by atoms with Gasteiger partial charge >= 0.3 is 0 Å². The summed E-state index contributed by atoms with van der Waals surface area (Å²) in [7, 11) is 1.66. The number of fused-ring (bicyclic) bond motifs is 3. The summed E-state index contributed by atoms with van der Waals surface area (Å²) >= 11 is 0. The van der Waals surface area contributed by atoms with Crippen molar-refractivity contribution < 1.29 is 24.1 Å². The van der Waals surface area contributed by atoms with E-state index >= 15 is 0 Å². The SMILES string of the molecule is COc1ccc(C2(c3c#cc(OCCO)cc3)C=Cc3c(cc(N4CCOCC4)c4ccccc34)O2)cc1. The van der Waals surface area contributed by atoms with E-state index in [4.69, 9.17) is 24.1 Å². The van der Waals surface area contributed by atoms with Gasteiger partial charge in [0.2, 0.25) is 0 Å². The van der Waals surface area contributed by atoms with Crippen LogP contribution in [0.15, 0.2) is 72.8 Å². The van der Waals surface area contributed by atoms with Crippen LogP contribution in [0.5, 0.6) is 17.2 Å². The average Bonchev–Trinajstić information content (AvgIpc) is 3.00. The molecule has 2 aliphatic rings. The van der Waals surface area contributed by atoms with E-state index in [1.807, 2.05) is 36.4 Å². The molecule has 1 saturated heterocycles. The summed E-state index contributed by atoms with van der Waals surface area (Å²) in [6, 6.07) is 28.7. The lowest BCUT2D eigenvalue weighted by Crippen LogP contribution is -2.37. The lowest BCUT2D eigenvalue weighted by atomic mass is 9.83. The van der Waals surface area contributed by atoms with E-state index in [1.54, 1.807) is 7.11 Å². The maximum absolute atomic E-state index is 9.10. The van der Waals surface area contributed by atoms with E-state index in [0.29, 0.717) is 19.0 Å². The van der Waals surface area contributed by atoms with E-state index in [9.17, 15) is 0 Å². The van der Waals surface area contributed by atoms with Crippen LogP contribution in [0.25, 0.3) is 16.8 Å². The minimum Gasteiger partial charge on any atom is -0.497 e. The Bertz CT molecular complexity index is 1440. The van der Waals surface area contributed by atoms with Crippen LogP contribution in [0, 0.1) is 12.1 Å². The summed E-state index contributed by atoms with van der Waals surface area (Å²) in [4.78, 5) is 2.37. The molecule has 4 aromatic rings. The molecule has 2 aliphatic heterocycles. The van der Waals surface area contributed by atoms with Gasteiger partial charge < -0.3 is 29.0 Å². The van der Waals surface area contributed by atoms with Gasteiger partial charge in [-0.2, -0.15) is 0 Å². The van der Waals surface area contributed by atoms with Crippen molar-refractivity contribution in [3.05, 3.63) is 102 Å². The molecule has 1 unspecified atom stereocenters. The van der Waals surface area contributed by atoms with Crippen LogP contribution >= 0.6 is 0 Å². The molecule has 4 aromatic carbocycles. The molecule has 0 spiro atoms. The first-order chi connectivity index (χ1) is 18.7. The van der Waals surface area contributed by atoms with Crippen molar-refractivity contribution in [2.45, 2.75) is 5.60 Å². The summed E-state index contributed by atoms with van der Waals surface area (Å²) < 4.78 is 23.6. The monoisotopic (exact) mass is 507 g/mol. The Labute approximate surface area is 222 Å². The number of aliphatic hydroxyl groups excluding tert-OH is 1. The van der Waals surface area contributed by atoms with Crippen LogP contribution in [-0.2, 0) is 10.3 Å². The molecule has 1 fully saturated rings. The maximum atomic E-state index is 9.10. The lowest BCUT2D eigenvalue weighted by Gasteiger charge is -2.37. The summed E-state index contributed by atoms with van der Waals surface area (Å²) in [5.74, 6) is 2.10. The first-order valence-electron chi connectivity index (χ1n) is 12.8. The molecular formula is C32H29NO5. The van der Waals surface area contributed by atoms with Crippen molar-refractivity contribution in [1.82, 2.24) is 0 Å². The fourth-order valence-corrected chi connectivity index (χ4v) is 5.21. The highest BCUT2D eigenvalue weighted by molar-refractivity contribution is 6.02. The lowest BCUT2D eigenvalue weighted by molar-refractivity contribution is 0.122. The van der Waals surface area contributed by atoms with Crippen LogP contribution in [0.2, 0.25) is 0 Å². The summed E-state index contributed by atoms with van der Waals surface area (Å²) in [6.07, 6.45) is 4.24. The zero-order valence-corrected chi connectivity index (χ0v) is 21.3. The molecule has 0 bridgehead atoms. The third kappa shape index (κ3) is 4.30. The minimum atomic E-state index is -0.935. The number of morpholine rings is 1. The molecule has 1 N–H and O–H groups in total. The smallest absolute Gasteiger partial charge is 0.185 e. The number of nitrogens with zero attached hydrogens (tertiary/aromatic N) is 1. The maximum Gasteiger partial charge on any atom is 0.185 e. The predicted molar refractivity (Wildman–Crippen MR) is 147 cm³/mol. The standard InChI is InChI=1S/C32H29NO5/c1-35-25-10-6-23(7-11-25)32(24-8-12-26(13-9-24)37-21-18-34)15-14-29-27-4-2-3-5-28(27)30(22-31(29)38-32)33-16-19-36-20-17-33/h2-8,10-12,14-15,22,34H,16-21H2,1H3. The van der Waals surface area contributed by atoms with Gasteiger partial charge in [-0.05, 0) is 47.9 Å². The van der Waals surface area contributed by atoms with E-state index in [1.165, 1.54) is 5.39 Å². The molecule has 0 aromatic heterocycles. The molecule has 0 aliphatic carbocycles. The second-order valence-electron chi connectivity index (χ2n) is 9.29. The number of benzene rings is 3. The molecule has 6 nitrogen and oxygen atoms in total. The Hall–Kier alpha value is -4.18. The van der Waals surface area contributed by atoms with Crippen LogP contribution < -0.4 is 19.1 Å². The number of hydrogen-bond acceptors (Lipinski definition) is 6. The van der Waals surface area contributed by atoms with E-state index in [-0.39, 0.29) is 13.2 Å². The van der Waals surface area contributed by atoms with Gasteiger partial charge in [-0.25, -0.2) is 0 Å². The minimum absolute atomic E-state index is 0.0621. The molecular weight excluding hydrogens is 478 g/mol. The second kappa shape index (κ2) is 10.3. The van der Waals surface area contributed by atoms with Crippen LogP contribution in [0.3, 0.4) is 0 Å². The number of methoxy groups -OCH3 is 1. The van der Waals surface area contributed by atoms with Gasteiger partial charge in [-0.1, -0.05) is 42.5 Å². The number of rotatable bonds is 7. The van der Waals surface area contributed by atoms with Crippen LogP contribution in [0.4, 0.5) is 5.69 Å². The summed E-state index contributed by atoms with van der Waals surface area (Å²) in [5, 5.41) is 11.4. The highest BCUT2D eigenvalue weighted by Crippen LogP contribution is 2.46. The zero-order chi connectivity index (χ0) is 26.0. The molecule has 0 radical (unpaired) electrons. The van der Waals surface area contributed by atoms with Crippen molar-refractivity contribution in [2.75, 3.05) is 51.5 Å². The Morgan fingerprint density at radius 3 is 2.47 bits per heavy atom. The van der Waals surface area contributed by atoms with Crippen molar-refractivity contribution in [1.29, 1.82) is 0 Å². The van der Waals surface area contributed by atoms with Crippen LogP contribution in [0.1, 0.15) is 16.7 Å². The Morgan fingerprint density at radius 2 is 1.76 bits per heavy atom. The molecule has 38 heavy (non-hydrogen) atoms. The van der Waals surface area contributed by atoms with Crippen molar-refractivity contribution >= 4 is 22.5 Å². The second-order valence-corrected chi connectivity index (χ2v) is 9.29. The zero-order valence-electron chi connectivity index (χ0n) is 21.3. The van der Waals surface area contributed by atoms with Gasteiger partial charge in [0.05, 0.1) is 32.5 Å². The quantitative estimate of drug-likeness (QED) is 0.380. The molecule has 2 heterocycles. The molecule has 0 amide bonds. The third-order valence-electron chi connectivity index (χ3n) is 7.12. The Kier molecular flexibility index (Phi) is 6.55. The Morgan fingerprint density at radius 1 is 0.974 bits per heavy atom. The topological polar surface area (TPSA) is 60.4 Å². The average molecular weight is 508 g/mol. The molecule has 6 heteroatoms. The summed E-state index contributed by atoms with van der Waals surface area (Å²) in [6.45, 7) is 3.22. The van der Waals surface area contributed by atoms with E-state index < -0.39 is 5.60 Å². The largest absolute Gasteiger partial charge is 0.497 e. The van der Waals surface area contributed by atoms with Gasteiger partial charge in [0.25, 0.3) is 0 Å². The van der Waals surface area contributed by atoms with Gasteiger partial charge in [0.15, 0.2) is 11.4 Å². The fourth-order valence-electron chi connectivity index (χ4n) is 5.21. The van der Waals surface area contributed by atoms with E-state index in [2.05, 4.69) is 59.5 Å². The third-order valence-corrected chi connectivity index (χ3v) is 7.12. The number of anilines is 1. The molecule has 1 atom stereocenters. The van der Waals surface area contributed by atoms with Crippen molar-refractivity contribution in [2.24, 2.45) is 0 Å². The first-order valence-corrected chi connectivity index (χ1v) is 12.8. The highest BCUT2D eigenvalue weighted by atomic mass is 16.5. The highest BCUT2D eigenvalue weighted by Gasteiger charge is 2.38. The number of aliphatic hydroxyl groups is 1.